The molecule has 0 bridgehead atoms. The third-order valence-electron chi connectivity index (χ3n) is 1.79. The van der Waals surface area contributed by atoms with Crippen molar-refractivity contribution in [1.82, 2.24) is 0 Å². The van der Waals surface area contributed by atoms with Crippen molar-refractivity contribution in [2.24, 2.45) is 0 Å². The fourth-order valence-corrected chi connectivity index (χ4v) is 1.14. The van der Waals surface area contributed by atoms with Crippen LogP contribution in [-0.2, 0) is 4.89 Å². The Kier molecular flexibility index (Phi) is 2.56. The summed E-state index contributed by atoms with van der Waals surface area (Å²) in [4.78, 5) is 3.90. The first-order chi connectivity index (χ1) is 4.74. The minimum absolute atomic E-state index is 0.0301. The fourth-order valence-electron chi connectivity index (χ4n) is 1.14. The molecule has 1 rings (SSSR count). The average Bonchev–Trinajstić information content (AvgIpc) is 1.95. The topological polar surface area (TPSA) is 29.5 Å². The van der Waals surface area contributed by atoms with Crippen molar-refractivity contribution in [3.63, 3.8) is 0 Å². The molecule has 1 aliphatic carbocycles. The van der Waals surface area contributed by atoms with Gasteiger partial charge in [0.15, 0.2) is 0 Å². The molecule has 60 valence electrons. The van der Waals surface area contributed by atoms with Gasteiger partial charge in [0.05, 0.1) is 6.10 Å². The van der Waals surface area contributed by atoms with E-state index >= 15 is 0 Å². The average molecular weight is 152 g/mol. The van der Waals surface area contributed by atoms with E-state index in [2.05, 4.69) is 4.89 Å². The largest absolute Gasteiger partial charge is 0.252 e. The van der Waals surface area contributed by atoms with E-state index < -0.39 is 18.4 Å². The summed E-state index contributed by atoms with van der Waals surface area (Å²) in [5.74, 6) is 0. The lowest BCUT2D eigenvalue weighted by Crippen LogP contribution is -2.31. The SMILES string of the molecule is OOC1CCC(F)C(F)C1. The first-order valence-corrected chi connectivity index (χ1v) is 3.32. The molecule has 1 aliphatic rings. The molecule has 0 aromatic carbocycles. The predicted molar refractivity (Wildman–Crippen MR) is 31.1 cm³/mol. The summed E-state index contributed by atoms with van der Waals surface area (Å²) in [6.45, 7) is 0. The lowest BCUT2D eigenvalue weighted by molar-refractivity contribution is -0.288. The third kappa shape index (κ3) is 1.64. The minimum Gasteiger partial charge on any atom is -0.252 e. The van der Waals surface area contributed by atoms with Gasteiger partial charge in [-0.3, -0.25) is 5.26 Å². The van der Waals surface area contributed by atoms with Gasteiger partial charge in [0.1, 0.15) is 12.3 Å². The van der Waals surface area contributed by atoms with Crippen molar-refractivity contribution >= 4 is 0 Å². The van der Waals surface area contributed by atoms with E-state index in [4.69, 9.17) is 5.26 Å². The fraction of sp³-hybridized carbons (Fsp3) is 1.00. The predicted octanol–water partition coefficient (Wildman–Crippen LogP) is 1.70. The van der Waals surface area contributed by atoms with Gasteiger partial charge in [-0.2, -0.15) is 0 Å². The van der Waals surface area contributed by atoms with Crippen LogP contribution in [-0.4, -0.2) is 23.7 Å². The highest BCUT2D eigenvalue weighted by Gasteiger charge is 2.30. The molecule has 1 N–H and O–H groups in total. The van der Waals surface area contributed by atoms with Crippen LogP contribution >= 0.6 is 0 Å². The van der Waals surface area contributed by atoms with E-state index in [9.17, 15) is 8.78 Å². The molecule has 0 radical (unpaired) electrons. The van der Waals surface area contributed by atoms with Crippen LogP contribution in [0.2, 0.25) is 0 Å². The number of alkyl halides is 2. The summed E-state index contributed by atoms with van der Waals surface area (Å²) < 4.78 is 24.8. The van der Waals surface area contributed by atoms with Gasteiger partial charge in [0.2, 0.25) is 0 Å². The summed E-state index contributed by atoms with van der Waals surface area (Å²) >= 11 is 0. The van der Waals surface area contributed by atoms with Crippen molar-refractivity contribution in [3.05, 3.63) is 0 Å². The van der Waals surface area contributed by atoms with Crippen LogP contribution in [0.15, 0.2) is 0 Å². The Morgan fingerprint density at radius 3 is 2.40 bits per heavy atom. The molecule has 0 aliphatic heterocycles. The molecule has 0 spiro atoms. The van der Waals surface area contributed by atoms with E-state index in [1.165, 1.54) is 0 Å². The van der Waals surface area contributed by atoms with Crippen molar-refractivity contribution in [3.8, 4) is 0 Å². The van der Waals surface area contributed by atoms with Gasteiger partial charge in [0, 0.05) is 6.42 Å². The molecule has 0 aromatic rings. The molecule has 2 nitrogen and oxygen atoms in total. The Hall–Kier alpha value is -0.220. The summed E-state index contributed by atoms with van der Waals surface area (Å²) in [5, 5.41) is 8.11. The lowest BCUT2D eigenvalue weighted by Gasteiger charge is -2.24. The van der Waals surface area contributed by atoms with Crippen LogP contribution in [0.4, 0.5) is 8.78 Å². The van der Waals surface area contributed by atoms with Crippen molar-refractivity contribution in [2.45, 2.75) is 37.7 Å². The molecule has 0 saturated heterocycles. The molecule has 0 aromatic heterocycles. The van der Waals surface area contributed by atoms with Gasteiger partial charge < -0.3 is 0 Å². The summed E-state index contributed by atoms with van der Waals surface area (Å²) in [6.07, 6.45) is -2.83. The molecule has 1 fully saturated rings. The number of hydrogen-bond donors (Lipinski definition) is 1. The van der Waals surface area contributed by atoms with Gasteiger partial charge >= 0.3 is 0 Å². The van der Waals surface area contributed by atoms with Crippen LogP contribution in [0.5, 0.6) is 0 Å². The van der Waals surface area contributed by atoms with Crippen molar-refractivity contribution in [2.75, 3.05) is 0 Å². The highest BCUT2D eigenvalue weighted by atomic mass is 19.2. The smallest absolute Gasteiger partial charge is 0.134 e. The van der Waals surface area contributed by atoms with Crippen LogP contribution < -0.4 is 0 Å². The monoisotopic (exact) mass is 152 g/mol. The zero-order valence-electron chi connectivity index (χ0n) is 5.46. The lowest BCUT2D eigenvalue weighted by atomic mass is 9.95. The molecular weight excluding hydrogens is 142 g/mol. The van der Waals surface area contributed by atoms with Gasteiger partial charge in [-0.15, -0.1) is 0 Å². The maximum absolute atomic E-state index is 12.4. The second-order valence-corrected chi connectivity index (χ2v) is 2.57. The summed E-state index contributed by atoms with van der Waals surface area (Å²) in [7, 11) is 0. The Labute approximate surface area is 57.7 Å². The Balaban J connectivity index is 2.33. The van der Waals surface area contributed by atoms with E-state index in [1.54, 1.807) is 0 Å². The van der Waals surface area contributed by atoms with Crippen LogP contribution in [0.1, 0.15) is 19.3 Å². The molecule has 0 amide bonds. The van der Waals surface area contributed by atoms with E-state index in [0.717, 1.165) is 0 Å². The Bertz CT molecular complexity index is 110. The van der Waals surface area contributed by atoms with Gasteiger partial charge in [-0.1, -0.05) is 0 Å². The van der Waals surface area contributed by atoms with Gasteiger partial charge in [-0.05, 0) is 12.8 Å². The van der Waals surface area contributed by atoms with Gasteiger partial charge in [0.25, 0.3) is 0 Å². The van der Waals surface area contributed by atoms with Crippen LogP contribution in [0.25, 0.3) is 0 Å². The molecule has 10 heavy (non-hydrogen) atoms. The molecule has 0 heterocycles. The quantitative estimate of drug-likeness (QED) is 0.457. The van der Waals surface area contributed by atoms with Crippen LogP contribution in [0, 0.1) is 0 Å². The van der Waals surface area contributed by atoms with E-state index in [1.807, 2.05) is 0 Å². The highest BCUT2D eigenvalue weighted by Crippen LogP contribution is 2.25. The number of rotatable bonds is 1. The molecular formula is C6H10F2O2. The molecule has 3 atom stereocenters. The molecule has 4 heteroatoms. The number of halogens is 2. The summed E-state index contributed by atoms with van der Waals surface area (Å²) in [6, 6.07) is 0. The standard InChI is InChI=1S/C6H10F2O2/c7-5-2-1-4(10-9)3-6(5)8/h4-6,9H,1-3H2. The molecule has 1 saturated carbocycles. The molecule has 3 unspecified atom stereocenters. The van der Waals surface area contributed by atoms with Crippen LogP contribution in [0.3, 0.4) is 0 Å². The first kappa shape index (κ1) is 7.88. The van der Waals surface area contributed by atoms with E-state index in [-0.39, 0.29) is 12.8 Å². The zero-order valence-corrected chi connectivity index (χ0v) is 5.46. The highest BCUT2D eigenvalue weighted by molar-refractivity contribution is 4.79. The maximum Gasteiger partial charge on any atom is 0.134 e. The van der Waals surface area contributed by atoms with Crippen molar-refractivity contribution in [1.29, 1.82) is 0 Å². The van der Waals surface area contributed by atoms with Gasteiger partial charge in [-0.25, -0.2) is 13.7 Å². The first-order valence-electron chi connectivity index (χ1n) is 3.32. The minimum atomic E-state index is -1.47. The number of hydrogen-bond acceptors (Lipinski definition) is 2. The Morgan fingerprint density at radius 2 is 1.90 bits per heavy atom. The third-order valence-corrected chi connectivity index (χ3v) is 1.79. The zero-order chi connectivity index (χ0) is 7.56. The van der Waals surface area contributed by atoms with Crippen molar-refractivity contribution < 1.29 is 18.9 Å². The second-order valence-electron chi connectivity index (χ2n) is 2.57. The normalized spacial score (nSPS) is 41.7. The summed E-state index contributed by atoms with van der Waals surface area (Å²) in [5.41, 5.74) is 0. The second kappa shape index (κ2) is 3.25. The van der Waals surface area contributed by atoms with E-state index in [0.29, 0.717) is 6.42 Å². The maximum atomic E-state index is 12.4. The Morgan fingerprint density at radius 1 is 1.20 bits per heavy atom.